The van der Waals surface area contributed by atoms with Crippen molar-refractivity contribution in [3.05, 3.63) is 69.4 Å². The van der Waals surface area contributed by atoms with Crippen molar-refractivity contribution in [2.45, 2.75) is 13.8 Å². The zero-order chi connectivity index (χ0) is 14.3. The van der Waals surface area contributed by atoms with Gasteiger partial charge in [0.25, 0.3) is 0 Å². The number of fused-ring (bicyclic) bond motifs is 1. The lowest BCUT2D eigenvalue weighted by Crippen LogP contribution is -2.02. The third-order valence-corrected chi connectivity index (χ3v) is 3.82. The largest absolute Gasteiger partial charge is 0.453 e. The SMILES string of the molecule is Cc1ccc(C(=O)c2cc3cc(Br)ccc3o2)c(C)c1. The maximum atomic E-state index is 12.5. The number of hydrogen-bond donors (Lipinski definition) is 0. The van der Waals surface area contributed by atoms with Gasteiger partial charge in [-0.25, -0.2) is 0 Å². The highest BCUT2D eigenvalue weighted by Gasteiger charge is 2.16. The zero-order valence-corrected chi connectivity index (χ0v) is 12.8. The predicted molar refractivity (Wildman–Crippen MR) is 83.3 cm³/mol. The first-order valence-electron chi connectivity index (χ1n) is 6.35. The van der Waals surface area contributed by atoms with Crippen LogP contribution in [0, 0.1) is 13.8 Å². The molecule has 0 N–H and O–H groups in total. The average molecular weight is 329 g/mol. The second-order valence-corrected chi connectivity index (χ2v) is 5.86. The van der Waals surface area contributed by atoms with Crippen LogP contribution in [0.25, 0.3) is 11.0 Å². The van der Waals surface area contributed by atoms with Crippen LogP contribution in [0.5, 0.6) is 0 Å². The Bertz CT molecular complexity index is 815. The molecule has 0 amide bonds. The minimum atomic E-state index is -0.0742. The Kier molecular flexibility index (Phi) is 3.22. The molecule has 0 unspecified atom stereocenters. The van der Waals surface area contributed by atoms with Crippen LogP contribution < -0.4 is 0 Å². The van der Waals surface area contributed by atoms with E-state index in [1.54, 1.807) is 6.07 Å². The van der Waals surface area contributed by atoms with Gasteiger partial charge in [-0.3, -0.25) is 4.79 Å². The molecular weight excluding hydrogens is 316 g/mol. The van der Waals surface area contributed by atoms with Gasteiger partial charge in [0.05, 0.1) is 0 Å². The van der Waals surface area contributed by atoms with E-state index in [1.807, 2.05) is 50.2 Å². The maximum Gasteiger partial charge on any atom is 0.228 e. The standard InChI is InChI=1S/C17H13BrO2/c1-10-3-5-14(11(2)7-10)17(19)16-9-12-8-13(18)4-6-15(12)20-16/h3-9H,1-2H3. The molecule has 3 aromatic rings. The molecule has 0 fully saturated rings. The van der Waals surface area contributed by atoms with Gasteiger partial charge in [0.1, 0.15) is 5.58 Å². The first-order chi connectivity index (χ1) is 9.54. The molecule has 0 saturated heterocycles. The molecule has 2 nitrogen and oxygen atoms in total. The van der Waals surface area contributed by atoms with Gasteiger partial charge >= 0.3 is 0 Å². The van der Waals surface area contributed by atoms with E-state index < -0.39 is 0 Å². The van der Waals surface area contributed by atoms with E-state index in [0.717, 1.165) is 26.6 Å². The van der Waals surface area contributed by atoms with Crippen molar-refractivity contribution in [2.75, 3.05) is 0 Å². The first kappa shape index (κ1) is 13.1. The van der Waals surface area contributed by atoms with Crippen LogP contribution in [0.4, 0.5) is 0 Å². The number of benzene rings is 2. The van der Waals surface area contributed by atoms with Gasteiger partial charge in [0, 0.05) is 15.4 Å². The summed E-state index contributed by atoms with van der Waals surface area (Å²) in [5.74, 6) is 0.305. The van der Waals surface area contributed by atoms with Gasteiger partial charge in [-0.05, 0) is 43.7 Å². The quantitative estimate of drug-likeness (QED) is 0.616. The smallest absolute Gasteiger partial charge is 0.228 e. The van der Waals surface area contributed by atoms with E-state index in [-0.39, 0.29) is 5.78 Å². The summed E-state index contributed by atoms with van der Waals surface area (Å²) < 4.78 is 6.62. The summed E-state index contributed by atoms with van der Waals surface area (Å²) in [6, 6.07) is 13.3. The lowest BCUT2D eigenvalue weighted by molar-refractivity contribution is 0.101. The van der Waals surface area contributed by atoms with Crippen molar-refractivity contribution in [1.82, 2.24) is 0 Å². The number of ketones is 1. The van der Waals surface area contributed by atoms with Gasteiger partial charge in [-0.1, -0.05) is 39.7 Å². The van der Waals surface area contributed by atoms with E-state index in [0.29, 0.717) is 11.3 Å². The highest BCUT2D eigenvalue weighted by atomic mass is 79.9. The fraction of sp³-hybridized carbons (Fsp3) is 0.118. The first-order valence-corrected chi connectivity index (χ1v) is 7.15. The van der Waals surface area contributed by atoms with Crippen molar-refractivity contribution in [1.29, 1.82) is 0 Å². The molecular formula is C17H13BrO2. The Morgan fingerprint density at radius 3 is 2.60 bits per heavy atom. The highest BCUT2D eigenvalue weighted by molar-refractivity contribution is 9.10. The highest BCUT2D eigenvalue weighted by Crippen LogP contribution is 2.25. The molecule has 20 heavy (non-hydrogen) atoms. The van der Waals surface area contributed by atoms with Gasteiger partial charge in [0.15, 0.2) is 5.76 Å². The van der Waals surface area contributed by atoms with Crippen LogP contribution in [0.1, 0.15) is 27.2 Å². The number of carbonyl (C=O) groups is 1. The average Bonchev–Trinajstić information content (AvgIpc) is 2.81. The maximum absolute atomic E-state index is 12.5. The monoisotopic (exact) mass is 328 g/mol. The van der Waals surface area contributed by atoms with Crippen molar-refractivity contribution >= 4 is 32.7 Å². The molecule has 0 aliphatic carbocycles. The molecule has 0 atom stereocenters. The second kappa shape index (κ2) is 4.91. The van der Waals surface area contributed by atoms with E-state index in [2.05, 4.69) is 15.9 Å². The molecule has 0 saturated carbocycles. The summed E-state index contributed by atoms with van der Waals surface area (Å²) >= 11 is 3.42. The number of hydrogen-bond acceptors (Lipinski definition) is 2. The van der Waals surface area contributed by atoms with E-state index >= 15 is 0 Å². The Morgan fingerprint density at radius 1 is 1.05 bits per heavy atom. The van der Waals surface area contributed by atoms with Gasteiger partial charge in [-0.15, -0.1) is 0 Å². The normalized spacial score (nSPS) is 10.9. The molecule has 3 rings (SSSR count). The molecule has 2 aromatic carbocycles. The molecule has 100 valence electrons. The summed E-state index contributed by atoms with van der Waals surface area (Å²) in [7, 11) is 0. The molecule has 0 aliphatic rings. The summed E-state index contributed by atoms with van der Waals surface area (Å²) in [5, 5.41) is 0.924. The number of carbonyl (C=O) groups excluding carboxylic acids is 1. The van der Waals surface area contributed by atoms with E-state index in [9.17, 15) is 4.79 Å². The fourth-order valence-corrected chi connectivity index (χ4v) is 2.71. The number of halogens is 1. The van der Waals surface area contributed by atoms with Gasteiger partial charge in [-0.2, -0.15) is 0 Å². The lowest BCUT2D eigenvalue weighted by atomic mass is 10.0. The topological polar surface area (TPSA) is 30.2 Å². The molecule has 0 radical (unpaired) electrons. The van der Waals surface area contributed by atoms with Crippen molar-refractivity contribution in [3.8, 4) is 0 Å². The number of furan rings is 1. The van der Waals surface area contributed by atoms with Crippen LogP contribution in [-0.4, -0.2) is 5.78 Å². The van der Waals surface area contributed by atoms with Crippen molar-refractivity contribution in [2.24, 2.45) is 0 Å². The van der Waals surface area contributed by atoms with E-state index in [1.165, 1.54) is 0 Å². The van der Waals surface area contributed by atoms with Crippen molar-refractivity contribution in [3.63, 3.8) is 0 Å². The summed E-state index contributed by atoms with van der Waals surface area (Å²) in [6.07, 6.45) is 0. The van der Waals surface area contributed by atoms with Crippen LogP contribution in [0.3, 0.4) is 0 Å². The molecule has 0 aliphatic heterocycles. The Hall–Kier alpha value is -1.87. The molecule has 0 spiro atoms. The van der Waals surface area contributed by atoms with E-state index in [4.69, 9.17) is 4.42 Å². The Labute approximate surface area is 125 Å². The van der Waals surface area contributed by atoms with Crippen molar-refractivity contribution < 1.29 is 9.21 Å². The third-order valence-electron chi connectivity index (χ3n) is 3.33. The second-order valence-electron chi connectivity index (χ2n) is 4.94. The Morgan fingerprint density at radius 2 is 1.85 bits per heavy atom. The number of rotatable bonds is 2. The Balaban J connectivity index is 2.08. The predicted octanol–water partition coefficient (Wildman–Crippen LogP) is 5.04. The molecule has 3 heteroatoms. The summed E-state index contributed by atoms with van der Waals surface area (Å²) in [4.78, 5) is 12.5. The molecule has 1 heterocycles. The number of aryl methyl sites for hydroxylation is 2. The fourth-order valence-electron chi connectivity index (χ4n) is 2.33. The summed E-state index contributed by atoms with van der Waals surface area (Å²) in [5.41, 5.74) is 3.53. The van der Waals surface area contributed by atoms with Crippen LogP contribution in [-0.2, 0) is 0 Å². The van der Waals surface area contributed by atoms with Gasteiger partial charge < -0.3 is 4.42 Å². The van der Waals surface area contributed by atoms with Crippen LogP contribution in [0.2, 0.25) is 0 Å². The third kappa shape index (κ3) is 2.29. The molecule has 0 bridgehead atoms. The molecule has 1 aromatic heterocycles. The minimum Gasteiger partial charge on any atom is -0.453 e. The zero-order valence-electron chi connectivity index (χ0n) is 11.2. The minimum absolute atomic E-state index is 0.0742. The summed E-state index contributed by atoms with van der Waals surface area (Å²) in [6.45, 7) is 3.96. The lowest BCUT2D eigenvalue weighted by Gasteiger charge is -2.03. The van der Waals surface area contributed by atoms with Gasteiger partial charge in [0.2, 0.25) is 5.78 Å². The van der Waals surface area contributed by atoms with Crippen LogP contribution >= 0.6 is 15.9 Å². The van der Waals surface area contributed by atoms with Crippen LogP contribution in [0.15, 0.2) is 51.4 Å².